The van der Waals surface area contributed by atoms with Crippen LogP contribution in [0, 0.1) is 0 Å². The maximum absolute atomic E-state index is 12.1. The summed E-state index contributed by atoms with van der Waals surface area (Å²) in [6, 6.07) is 0.338. The van der Waals surface area contributed by atoms with Gasteiger partial charge in [0.25, 0.3) is 5.56 Å². The Morgan fingerprint density at radius 2 is 2.07 bits per heavy atom. The van der Waals surface area contributed by atoms with E-state index >= 15 is 0 Å². The minimum absolute atomic E-state index is 0.133. The molecule has 0 saturated carbocycles. The van der Waals surface area contributed by atoms with E-state index in [2.05, 4.69) is 6.58 Å². The topological polar surface area (TPSA) is 54.9 Å². The highest BCUT2D eigenvalue weighted by molar-refractivity contribution is 5.04. The number of H-pyrrole nitrogens is 1. The van der Waals surface area contributed by atoms with Crippen LogP contribution in [0.3, 0.4) is 0 Å². The van der Waals surface area contributed by atoms with Gasteiger partial charge in [-0.25, -0.2) is 4.79 Å². The van der Waals surface area contributed by atoms with Gasteiger partial charge in [-0.1, -0.05) is 6.08 Å². The molecule has 1 rings (SSSR count). The fraction of sp³-hybridized carbons (Fsp3) is 0.250. The van der Waals surface area contributed by atoms with Gasteiger partial charge in [0.15, 0.2) is 0 Å². The summed E-state index contributed by atoms with van der Waals surface area (Å²) in [6.07, 6.45) is -3.49. The van der Waals surface area contributed by atoms with E-state index in [9.17, 15) is 22.8 Å². The quantitative estimate of drug-likeness (QED) is 0.747. The Labute approximate surface area is 81.7 Å². The molecule has 0 aliphatic rings. The predicted octanol–water partition coefficient (Wildman–Crippen LogP) is 0.741. The van der Waals surface area contributed by atoms with Crippen LogP contribution in [0.5, 0.6) is 0 Å². The standard InChI is InChI=1S/C8H7F3N2O2/c1-2-3-13-6(14)4-5(8(9,10)11)12-7(13)15/h2,4H,1,3H2,(H,12,15). The van der Waals surface area contributed by atoms with E-state index in [4.69, 9.17) is 0 Å². The van der Waals surface area contributed by atoms with E-state index in [-0.39, 0.29) is 6.54 Å². The first-order chi connectivity index (χ1) is 6.86. The van der Waals surface area contributed by atoms with Crippen molar-refractivity contribution in [3.05, 3.63) is 45.3 Å². The van der Waals surface area contributed by atoms with Gasteiger partial charge in [0.1, 0.15) is 5.69 Å². The van der Waals surface area contributed by atoms with Crippen molar-refractivity contribution >= 4 is 0 Å². The van der Waals surface area contributed by atoms with Crippen LogP contribution in [0.1, 0.15) is 5.69 Å². The Bertz CT molecular complexity index is 453. The summed E-state index contributed by atoms with van der Waals surface area (Å²) >= 11 is 0. The maximum Gasteiger partial charge on any atom is 0.431 e. The van der Waals surface area contributed by atoms with Crippen molar-refractivity contribution in [3.63, 3.8) is 0 Å². The molecule has 0 radical (unpaired) electrons. The van der Waals surface area contributed by atoms with E-state index in [0.717, 1.165) is 0 Å². The van der Waals surface area contributed by atoms with Crippen molar-refractivity contribution in [3.8, 4) is 0 Å². The number of aromatic amines is 1. The Hall–Kier alpha value is -1.79. The number of alkyl halides is 3. The molecule has 0 aliphatic heterocycles. The molecule has 0 amide bonds. The first-order valence-electron chi connectivity index (χ1n) is 3.88. The average Bonchev–Trinajstić information content (AvgIpc) is 2.09. The summed E-state index contributed by atoms with van der Waals surface area (Å²) in [4.78, 5) is 23.7. The number of nitrogens with zero attached hydrogens (tertiary/aromatic N) is 1. The first-order valence-corrected chi connectivity index (χ1v) is 3.88. The molecule has 0 bridgehead atoms. The van der Waals surface area contributed by atoms with Crippen molar-refractivity contribution in [2.45, 2.75) is 12.7 Å². The van der Waals surface area contributed by atoms with E-state index < -0.39 is 23.1 Å². The smallest absolute Gasteiger partial charge is 0.303 e. The summed E-state index contributed by atoms with van der Waals surface area (Å²) in [5.74, 6) is 0. The highest BCUT2D eigenvalue weighted by Gasteiger charge is 2.32. The minimum atomic E-state index is -4.73. The van der Waals surface area contributed by atoms with E-state index in [1.54, 1.807) is 4.98 Å². The number of aromatic nitrogens is 2. The highest BCUT2D eigenvalue weighted by atomic mass is 19.4. The minimum Gasteiger partial charge on any atom is -0.303 e. The highest BCUT2D eigenvalue weighted by Crippen LogP contribution is 2.25. The molecule has 0 saturated heterocycles. The van der Waals surface area contributed by atoms with Crippen LogP contribution in [-0.2, 0) is 12.7 Å². The molecular formula is C8H7F3N2O2. The fourth-order valence-corrected chi connectivity index (χ4v) is 0.975. The summed E-state index contributed by atoms with van der Waals surface area (Å²) in [6.45, 7) is 3.14. The van der Waals surface area contributed by atoms with Gasteiger partial charge in [0.2, 0.25) is 0 Å². The molecule has 0 spiro atoms. The number of rotatable bonds is 2. The van der Waals surface area contributed by atoms with Crippen LogP contribution in [0.15, 0.2) is 28.3 Å². The lowest BCUT2D eigenvalue weighted by atomic mass is 10.4. The number of hydrogen-bond donors (Lipinski definition) is 1. The summed E-state index contributed by atoms with van der Waals surface area (Å²) in [5, 5.41) is 0. The predicted molar refractivity (Wildman–Crippen MR) is 46.5 cm³/mol. The summed E-state index contributed by atoms with van der Waals surface area (Å²) in [5.41, 5.74) is -3.46. The molecule has 4 nitrogen and oxygen atoms in total. The van der Waals surface area contributed by atoms with Crippen LogP contribution in [0.4, 0.5) is 13.2 Å². The molecule has 1 aromatic rings. The monoisotopic (exact) mass is 220 g/mol. The van der Waals surface area contributed by atoms with Crippen molar-refractivity contribution in [2.24, 2.45) is 0 Å². The molecule has 7 heteroatoms. The molecule has 1 aromatic heterocycles. The van der Waals surface area contributed by atoms with Gasteiger partial charge >= 0.3 is 11.9 Å². The Morgan fingerprint density at radius 1 is 1.47 bits per heavy atom. The van der Waals surface area contributed by atoms with Crippen LogP contribution >= 0.6 is 0 Å². The molecule has 0 fully saturated rings. The lowest BCUT2D eigenvalue weighted by Crippen LogP contribution is -2.36. The SMILES string of the molecule is C=CCn1c(=O)cc(C(F)(F)F)[nH]c1=O. The molecule has 1 heterocycles. The van der Waals surface area contributed by atoms with E-state index in [1.807, 2.05) is 0 Å². The van der Waals surface area contributed by atoms with Gasteiger partial charge in [-0.2, -0.15) is 13.2 Å². The van der Waals surface area contributed by atoms with E-state index in [0.29, 0.717) is 10.6 Å². The lowest BCUT2D eigenvalue weighted by molar-refractivity contribution is -0.141. The van der Waals surface area contributed by atoms with Crippen LogP contribution in [0.2, 0.25) is 0 Å². The molecule has 15 heavy (non-hydrogen) atoms. The fourth-order valence-electron chi connectivity index (χ4n) is 0.975. The normalized spacial score (nSPS) is 11.4. The van der Waals surface area contributed by atoms with Gasteiger partial charge in [0.05, 0.1) is 0 Å². The van der Waals surface area contributed by atoms with Crippen LogP contribution in [0.25, 0.3) is 0 Å². The molecule has 0 atom stereocenters. The third-order valence-corrected chi connectivity index (χ3v) is 1.64. The first kappa shape index (κ1) is 11.3. The molecule has 0 unspecified atom stereocenters. The average molecular weight is 220 g/mol. The summed E-state index contributed by atoms with van der Waals surface area (Å²) in [7, 11) is 0. The van der Waals surface area contributed by atoms with Crippen LogP contribution < -0.4 is 11.2 Å². The largest absolute Gasteiger partial charge is 0.431 e. The van der Waals surface area contributed by atoms with Crippen molar-refractivity contribution in [2.75, 3.05) is 0 Å². The third kappa shape index (κ3) is 2.36. The van der Waals surface area contributed by atoms with Crippen molar-refractivity contribution < 1.29 is 13.2 Å². The molecule has 0 aliphatic carbocycles. The number of halogens is 3. The maximum atomic E-state index is 12.1. The Morgan fingerprint density at radius 3 is 2.47 bits per heavy atom. The van der Waals surface area contributed by atoms with E-state index in [1.165, 1.54) is 6.08 Å². The third-order valence-electron chi connectivity index (χ3n) is 1.64. The molecular weight excluding hydrogens is 213 g/mol. The lowest BCUT2D eigenvalue weighted by Gasteiger charge is -2.07. The van der Waals surface area contributed by atoms with Crippen molar-refractivity contribution in [1.29, 1.82) is 0 Å². The number of hydrogen-bond acceptors (Lipinski definition) is 2. The Kier molecular flexibility index (Phi) is 2.83. The van der Waals surface area contributed by atoms with Crippen molar-refractivity contribution in [1.82, 2.24) is 9.55 Å². The zero-order chi connectivity index (χ0) is 11.6. The zero-order valence-corrected chi connectivity index (χ0v) is 7.47. The summed E-state index contributed by atoms with van der Waals surface area (Å²) < 4.78 is 37.0. The van der Waals surface area contributed by atoms with Gasteiger partial charge in [0, 0.05) is 12.6 Å². The van der Waals surface area contributed by atoms with Gasteiger partial charge in [-0.05, 0) is 0 Å². The van der Waals surface area contributed by atoms with Gasteiger partial charge in [-0.3, -0.25) is 9.36 Å². The second-order valence-electron chi connectivity index (χ2n) is 2.72. The zero-order valence-electron chi connectivity index (χ0n) is 7.47. The number of nitrogens with one attached hydrogen (secondary N) is 1. The number of allylic oxidation sites excluding steroid dienone is 1. The van der Waals surface area contributed by atoms with Gasteiger partial charge < -0.3 is 4.98 Å². The Balaban J connectivity index is 3.39. The molecule has 82 valence electrons. The van der Waals surface area contributed by atoms with Crippen LogP contribution in [-0.4, -0.2) is 9.55 Å². The molecule has 1 N–H and O–H groups in total. The second kappa shape index (κ2) is 3.76. The second-order valence-corrected chi connectivity index (χ2v) is 2.72. The molecule has 0 aromatic carbocycles. The van der Waals surface area contributed by atoms with Gasteiger partial charge in [-0.15, -0.1) is 6.58 Å².